The Bertz CT molecular complexity index is 720. The lowest BCUT2D eigenvalue weighted by molar-refractivity contribution is 0.0600. The standard InChI is InChI=1S/C18H17ClO3/c1-4-15(12-6-5-7-14(19)10-12)16-11-13(18(20)22-3)8-9-17(16)21-2/h4-11H,1-3H3/b15-4-. The third kappa shape index (κ3) is 3.31. The van der Waals surface area contributed by atoms with Crippen molar-refractivity contribution in [1.29, 1.82) is 0 Å². The van der Waals surface area contributed by atoms with Gasteiger partial charge in [-0.3, -0.25) is 0 Å². The van der Waals surface area contributed by atoms with Crippen LogP contribution in [0.1, 0.15) is 28.4 Å². The van der Waals surface area contributed by atoms with Crippen LogP contribution in [0, 0.1) is 0 Å². The second-order valence-electron chi connectivity index (χ2n) is 4.62. The Balaban J connectivity index is 2.59. The molecule has 0 saturated heterocycles. The average molecular weight is 317 g/mol. The van der Waals surface area contributed by atoms with Crippen molar-refractivity contribution in [3.63, 3.8) is 0 Å². The van der Waals surface area contributed by atoms with Crippen molar-refractivity contribution < 1.29 is 14.3 Å². The summed E-state index contributed by atoms with van der Waals surface area (Å²) in [6.07, 6.45) is 1.96. The molecule has 0 saturated carbocycles. The number of halogens is 1. The summed E-state index contributed by atoms with van der Waals surface area (Å²) in [5.74, 6) is 0.297. The van der Waals surface area contributed by atoms with E-state index >= 15 is 0 Å². The highest BCUT2D eigenvalue weighted by atomic mass is 35.5. The summed E-state index contributed by atoms with van der Waals surface area (Å²) in [5, 5.41) is 0.653. The molecule has 114 valence electrons. The summed E-state index contributed by atoms with van der Waals surface area (Å²) in [6, 6.07) is 12.8. The van der Waals surface area contributed by atoms with Crippen LogP contribution in [0.25, 0.3) is 5.57 Å². The first kappa shape index (κ1) is 16.1. The van der Waals surface area contributed by atoms with Gasteiger partial charge in [-0.15, -0.1) is 0 Å². The topological polar surface area (TPSA) is 35.5 Å². The second kappa shape index (κ2) is 7.14. The molecule has 22 heavy (non-hydrogen) atoms. The van der Waals surface area contributed by atoms with Gasteiger partial charge in [0.1, 0.15) is 5.75 Å². The Hall–Kier alpha value is -2.26. The van der Waals surface area contributed by atoms with E-state index in [9.17, 15) is 4.79 Å². The SMILES string of the molecule is C/C=C(/c1cccc(Cl)c1)c1cc(C(=O)OC)ccc1OC. The Morgan fingerprint density at radius 2 is 1.86 bits per heavy atom. The number of carbonyl (C=O) groups excluding carboxylic acids is 1. The number of hydrogen-bond donors (Lipinski definition) is 0. The summed E-state index contributed by atoms with van der Waals surface area (Å²) >= 11 is 6.08. The number of rotatable bonds is 4. The van der Waals surface area contributed by atoms with Gasteiger partial charge in [0.05, 0.1) is 19.8 Å². The molecule has 3 nitrogen and oxygen atoms in total. The highest BCUT2D eigenvalue weighted by Crippen LogP contribution is 2.33. The summed E-state index contributed by atoms with van der Waals surface area (Å²) < 4.78 is 10.2. The number of methoxy groups -OCH3 is 2. The largest absolute Gasteiger partial charge is 0.496 e. The highest BCUT2D eigenvalue weighted by molar-refractivity contribution is 6.30. The predicted molar refractivity (Wildman–Crippen MR) is 88.5 cm³/mol. The Morgan fingerprint density at radius 3 is 2.45 bits per heavy atom. The smallest absolute Gasteiger partial charge is 0.337 e. The molecule has 0 amide bonds. The molecule has 0 aliphatic rings. The quantitative estimate of drug-likeness (QED) is 0.774. The maximum atomic E-state index is 11.8. The zero-order valence-electron chi connectivity index (χ0n) is 12.7. The maximum absolute atomic E-state index is 11.8. The molecule has 0 spiro atoms. The number of ether oxygens (including phenoxy) is 2. The van der Waals surface area contributed by atoms with Gasteiger partial charge in [0.15, 0.2) is 0 Å². The van der Waals surface area contributed by atoms with E-state index in [0.29, 0.717) is 16.3 Å². The van der Waals surface area contributed by atoms with Crippen LogP contribution < -0.4 is 4.74 Å². The Labute approximate surface area is 135 Å². The molecule has 2 aromatic rings. The van der Waals surface area contributed by atoms with Crippen molar-refractivity contribution in [1.82, 2.24) is 0 Å². The van der Waals surface area contributed by atoms with Crippen molar-refractivity contribution in [2.75, 3.05) is 14.2 Å². The fourth-order valence-electron chi connectivity index (χ4n) is 2.30. The van der Waals surface area contributed by atoms with Crippen LogP contribution in [0.2, 0.25) is 5.02 Å². The first-order valence-electron chi connectivity index (χ1n) is 6.79. The first-order valence-corrected chi connectivity index (χ1v) is 7.17. The molecular weight excluding hydrogens is 300 g/mol. The van der Waals surface area contributed by atoms with Crippen molar-refractivity contribution in [2.24, 2.45) is 0 Å². The Kier molecular flexibility index (Phi) is 5.23. The molecule has 0 bridgehead atoms. The minimum atomic E-state index is -0.384. The van der Waals surface area contributed by atoms with E-state index in [4.69, 9.17) is 21.1 Å². The molecule has 0 unspecified atom stereocenters. The van der Waals surface area contributed by atoms with Gasteiger partial charge in [-0.25, -0.2) is 4.79 Å². The van der Waals surface area contributed by atoms with Gasteiger partial charge in [-0.2, -0.15) is 0 Å². The molecule has 0 aliphatic carbocycles. The van der Waals surface area contributed by atoms with Crippen LogP contribution in [0.15, 0.2) is 48.5 Å². The minimum absolute atomic E-state index is 0.384. The fraction of sp³-hybridized carbons (Fsp3) is 0.167. The van der Waals surface area contributed by atoms with Gasteiger partial charge < -0.3 is 9.47 Å². The number of carbonyl (C=O) groups is 1. The molecule has 0 N–H and O–H groups in total. The van der Waals surface area contributed by atoms with Crippen LogP contribution in [-0.4, -0.2) is 20.2 Å². The van der Waals surface area contributed by atoms with E-state index < -0.39 is 0 Å². The van der Waals surface area contributed by atoms with Gasteiger partial charge in [-0.05, 0) is 48.4 Å². The van der Waals surface area contributed by atoms with Crippen LogP contribution in [0.3, 0.4) is 0 Å². The van der Waals surface area contributed by atoms with Crippen LogP contribution in [0.5, 0.6) is 5.75 Å². The predicted octanol–water partition coefficient (Wildman–Crippen LogP) is 4.59. The molecule has 0 aliphatic heterocycles. The number of allylic oxidation sites excluding steroid dienone is 1. The zero-order chi connectivity index (χ0) is 16.1. The van der Waals surface area contributed by atoms with Crippen LogP contribution in [-0.2, 0) is 4.74 Å². The van der Waals surface area contributed by atoms with E-state index in [2.05, 4.69) is 0 Å². The molecule has 0 fully saturated rings. The maximum Gasteiger partial charge on any atom is 0.337 e. The third-order valence-corrected chi connectivity index (χ3v) is 3.57. The average Bonchev–Trinajstić information content (AvgIpc) is 2.55. The highest BCUT2D eigenvalue weighted by Gasteiger charge is 2.14. The summed E-state index contributed by atoms with van der Waals surface area (Å²) in [5.41, 5.74) is 3.18. The molecule has 0 heterocycles. The molecule has 0 aromatic heterocycles. The van der Waals surface area contributed by atoms with Gasteiger partial charge in [0.25, 0.3) is 0 Å². The summed E-state index contributed by atoms with van der Waals surface area (Å²) in [6.45, 7) is 1.93. The van der Waals surface area contributed by atoms with Crippen LogP contribution in [0.4, 0.5) is 0 Å². The first-order chi connectivity index (χ1) is 10.6. The van der Waals surface area contributed by atoms with Gasteiger partial charge in [0, 0.05) is 10.6 Å². The zero-order valence-corrected chi connectivity index (χ0v) is 13.5. The molecule has 2 rings (SSSR count). The minimum Gasteiger partial charge on any atom is -0.496 e. The molecule has 0 atom stereocenters. The van der Waals surface area contributed by atoms with E-state index in [1.165, 1.54) is 7.11 Å². The van der Waals surface area contributed by atoms with Gasteiger partial charge in [0.2, 0.25) is 0 Å². The van der Waals surface area contributed by atoms with Crippen molar-refractivity contribution in [3.8, 4) is 5.75 Å². The summed E-state index contributed by atoms with van der Waals surface area (Å²) in [4.78, 5) is 11.8. The second-order valence-corrected chi connectivity index (χ2v) is 5.06. The lowest BCUT2D eigenvalue weighted by Crippen LogP contribution is -2.03. The fourth-order valence-corrected chi connectivity index (χ4v) is 2.49. The van der Waals surface area contributed by atoms with E-state index in [-0.39, 0.29) is 5.97 Å². The lowest BCUT2D eigenvalue weighted by Gasteiger charge is -2.14. The van der Waals surface area contributed by atoms with Gasteiger partial charge >= 0.3 is 5.97 Å². The van der Waals surface area contributed by atoms with E-state index in [1.54, 1.807) is 25.3 Å². The van der Waals surface area contributed by atoms with Crippen LogP contribution >= 0.6 is 11.6 Å². The third-order valence-electron chi connectivity index (χ3n) is 3.34. The monoisotopic (exact) mass is 316 g/mol. The number of benzene rings is 2. The van der Waals surface area contributed by atoms with Crippen molar-refractivity contribution >= 4 is 23.1 Å². The molecule has 0 radical (unpaired) electrons. The van der Waals surface area contributed by atoms with E-state index in [0.717, 1.165) is 16.7 Å². The van der Waals surface area contributed by atoms with E-state index in [1.807, 2.05) is 37.3 Å². The normalized spacial score (nSPS) is 11.2. The van der Waals surface area contributed by atoms with Crippen molar-refractivity contribution in [3.05, 3.63) is 70.3 Å². The number of hydrogen-bond acceptors (Lipinski definition) is 3. The van der Waals surface area contributed by atoms with Gasteiger partial charge in [-0.1, -0.05) is 29.8 Å². The molecule has 4 heteroatoms. The van der Waals surface area contributed by atoms with Crippen molar-refractivity contribution in [2.45, 2.75) is 6.92 Å². The lowest BCUT2D eigenvalue weighted by atomic mass is 9.95. The Morgan fingerprint density at radius 1 is 1.09 bits per heavy atom. The summed E-state index contributed by atoms with van der Waals surface area (Å²) in [7, 11) is 2.96. The molecular formula is C18H17ClO3. The molecule has 2 aromatic carbocycles. The number of esters is 1.